The summed E-state index contributed by atoms with van der Waals surface area (Å²) in [5.41, 5.74) is 1.19. The van der Waals surface area contributed by atoms with E-state index in [1.54, 1.807) is 0 Å². The number of halogens is 2. The van der Waals surface area contributed by atoms with Crippen molar-refractivity contribution in [3.05, 3.63) is 33.3 Å². The van der Waals surface area contributed by atoms with Gasteiger partial charge in [-0.05, 0) is 45.8 Å². The molecule has 0 unspecified atom stereocenters. The number of aliphatic hydroxyl groups is 1. The third-order valence-electron chi connectivity index (χ3n) is 2.18. The quantitative estimate of drug-likeness (QED) is 0.713. The lowest BCUT2D eigenvalue weighted by atomic mass is 10.2. The second-order valence-electron chi connectivity index (χ2n) is 3.61. The minimum Gasteiger partial charge on any atom is -0.396 e. The molecule has 0 amide bonds. The van der Waals surface area contributed by atoms with Crippen LogP contribution in [0.5, 0.6) is 0 Å². The van der Waals surface area contributed by atoms with Crippen LogP contribution in [-0.4, -0.2) is 29.8 Å². The number of benzene rings is 1. The smallest absolute Gasteiger partial charge is 0.0551 e. The molecule has 0 bridgehead atoms. The van der Waals surface area contributed by atoms with Crippen LogP contribution in [0, 0.1) is 0 Å². The lowest BCUT2D eigenvalue weighted by Crippen LogP contribution is -2.16. The van der Waals surface area contributed by atoms with Crippen molar-refractivity contribution in [1.29, 1.82) is 0 Å². The van der Waals surface area contributed by atoms with Crippen molar-refractivity contribution >= 4 is 39.3 Å². The molecule has 0 atom stereocenters. The first-order valence-corrected chi connectivity index (χ1v) is 7.90. The zero-order valence-corrected chi connectivity index (χ0v) is 12.7. The Balaban J connectivity index is 2.11. The molecule has 0 heterocycles. The van der Waals surface area contributed by atoms with E-state index in [4.69, 9.17) is 16.7 Å². The van der Waals surface area contributed by atoms with Crippen LogP contribution >= 0.6 is 39.3 Å². The molecule has 17 heavy (non-hydrogen) atoms. The van der Waals surface area contributed by atoms with E-state index in [1.165, 1.54) is 5.56 Å². The maximum absolute atomic E-state index is 8.62. The minimum atomic E-state index is 0.290. The largest absolute Gasteiger partial charge is 0.396 e. The standard InChI is InChI=1S/C12H17BrClNOS/c13-11-3-2-10(8-12(11)14)9-15-4-7-17-6-1-5-16/h2-3,8,15-16H,1,4-7,9H2. The molecule has 0 aliphatic carbocycles. The van der Waals surface area contributed by atoms with Crippen molar-refractivity contribution in [3.8, 4) is 0 Å². The molecule has 0 radical (unpaired) electrons. The molecule has 1 aromatic rings. The van der Waals surface area contributed by atoms with Crippen LogP contribution in [0.1, 0.15) is 12.0 Å². The second-order valence-corrected chi connectivity index (χ2v) is 6.10. The van der Waals surface area contributed by atoms with Gasteiger partial charge in [0.15, 0.2) is 0 Å². The van der Waals surface area contributed by atoms with Crippen molar-refractivity contribution < 1.29 is 5.11 Å². The third kappa shape index (κ3) is 6.67. The molecule has 0 aromatic heterocycles. The van der Waals surface area contributed by atoms with Crippen LogP contribution < -0.4 is 5.32 Å². The van der Waals surface area contributed by atoms with Gasteiger partial charge in [-0.2, -0.15) is 11.8 Å². The molecule has 0 fully saturated rings. The first-order chi connectivity index (χ1) is 8.24. The number of rotatable bonds is 8. The zero-order chi connectivity index (χ0) is 12.5. The topological polar surface area (TPSA) is 32.3 Å². The van der Waals surface area contributed by atoms with E-state index >= 15 is 0 Å². The summed E-state index contributed by atoms with van der Waals surface area (Å²) in [5.74, 6) is 2.10. The molecule has 0 saturated heterocycles. The highest BCUT2D eigenvalue weighted by Gasteiger charge is 1.98. The summed E-state index contributed by atoms with van der Waals surface area (Å²) in [7, 11) is 0. The molecule has 0 spiro atoms. The van der Waals surface area contributed by atoms with E-state index in [-0.39, 0.29) is 6.61 Å². The number of nitrogens with one attached hydrogen (secondary N) is 1. The molecule has 2 N–H and O–H groups in total. The van der Waals surface area contributed by atoms with Crippen LogP contribution in [0.4, 0.5) is 0 Å². The van der Waals surface area contributed by atoms with Gasteiger partial charge in [0.25, 0.3) is 0 Å². The number of aliphatic hydroxyl groups excluding tert-OH is 1. The highest BCUT2D eigenvalue weighted by molar-refractivity contribution is 9.10. The van der Waals surface area contributed by atoms with Gasteiger partial charge in [-0.1, -0.05) is 17.7 Å². The third-order valence-corrected chi connectivity index (χ3v) is 4.49. The Bertz CT molecular complexity index is 338. The molecule has 0 aliphatic rings. The Labute approximate surface area is 120 Å². The van der Waals surface area contributed by atoms with Gasteiger partial charge in [0, 0.05) is 29.9 Å². The monoisotopic (exact) mass is 337 g/mol. The minimum absolute atomic E-state index is 0.290. The van der Waals surface area contributed by atoms with Gasteiger partial charge in [-0.25, -0.2) is 0 Å². The molecule has 1 aromatic carbocycles. The summed E-state index contributed by atoms with van der Waals surface area (Å²) in [6.45, 7) is 2.11. The summed E-state index contributed by atoms with van der Waals surface area (Å²) in [4.78, 5) is 0. The fourth-order valence-electron chi connectivity index (χ4n) is 1.30. The molecular weight excluding hydrogens is 322 g/mol. The summed E-state index contributed by atoms with van der Waals surface area (Å²) in [6.07, 6.45) is 0.882. The van der Waals surface area contributed by atoms with Crippen LogP contribution in [0.25, 0.3) is 0 Å². The lowest BCUT2D eigenvalue weighted by molar-refractivity contribution is 0.296. The lowest BCUT2D eigenvalue weighted by Gasteiger charge is -2.06. The highest BCUT2D eigenvalue weighted by Crippen LogP contribution is 2.22. The Kier molecular flexibility index (Phi) is 8.31. The zero-order valence-electron chi connectivity index (χ0n) is 9.59. The molecule has 1 rings (SSSR count). The summed E-state index contributed by atoms with van der Waals surface area (Å²) >= 11 is 11.2. The van der Waals surface area contributed by atoms with E-state index in [1.807, 2.05) is 23.9 Å². The van der Waals surface area contributed by atoms with Gasteiger partial charge in [0.2, 0.25) is 0 Å². The summed E-state index contributed by atoms with van der Waals surface area (Å²) in [5, 5.41) is 12.7. The van der Waals surface area contributed by atoms with Crippen molar-refractivity contribution in [2.45, 2.75) is 13.0 Å². The predicted octanol–water partition coefficient (Wildman–Crippen LogP) is 3.31. The van der Waals surface area contributed by atoms with Gasteiger partial charge in [0.05, 0.1) is 5.02 Å². The summed E-state index contributed by atoms with van der Waals surface area (Å²) < 4.78 is 0.933. The van der Waals surface area contributed by atoms with Crippen molar-refractivity contribution in [2.75, 3.05) is 24.7 Å². The predicted molar refractivity (Wildman–Crippen MR) is 79.9 cm³/mol. The van der Waals surface area contributed by atoms with E-state index in [0.717, 1.165) is 40.5 Å². The van der Waals surface area contributed by atoms with E-state index in [9.17, 15) is 0 Å². The van der Waals surface area contributed by atoms with Crippen molar-refractivity contribution in [3.63, 3.8) is 0 Å². The first-order valence-electron chi connectivity index (χ1n) is 5.57. The number of hydrogen-bond donors (Lipinski definition) is 2. The van der Waals surface area contributed by atoms with Gasteiger partial charge >= 0.3 is 0 Å². The fourth-order valence-corrected chi connectivity index (χ4v) is 2.57. The maximum atomic E-state index is 8.62. The first kappa shape index (κ1) is 15.3. The Morgan fingerprint density at radius 2 is 2.18 bits per heavy atom. The van der Waals surface area contributed by atoms with Crippen LogP contribution in [0.2, 0.25) is 5.02 Å². The molecular formula is C12H17BrClNOS. The van der Waals surface area contributed by atoms with Crippen molar-refractivity contribution in [1.82, 2.24) is 5.32 Å². The van der Waals surface area contributed by atoms with Crippen LogP contribution in [0.3, 0.4) is 0 Å². The normalized spacial score (nSPS) is 10.8. The fraction of sp³-hybridized carbons (Fsp3) is 0.500. The maximum Gasteiger partial charge on any atom is 0.0551 e. The van der Waals surface area contributed by atoms with Gasteiger partial charge in [-0.15, -0.1) is 0 Å². The average Bonchev–Trinajstić information content (AvgIpc) is 2.32. The van der Waals surface area contributed by atoms with E-state index in [2.05, 4.69) is 27.3 Å². The van der Waals surface area contributed by atoms with Crippen molar-refractivity contribution in [2.24, 2.45) is 0 Å². The van der Waals surface area contributed by atoms with Gasteiger partial charge < -0.3 is 10.4 Å². The SMILES string of the molecule is OCCCSCCNCc1ccc(Br)c(Cl)c1. The second kappa shape index (κ2) is 9.22. The highest BCUT2D eigenvalue weighted by atomic mass is 79.9. The Morgan fingerprint density at radius 1 is 1.35 bits per heavy atom. The van der Waals surface area contributed by atoms with Crippen LogP contribution in [0.15, 0.2) is 22.7 Å². The van der Waals surface area contributed by atoms with Gasteiger partial charge in [-0.3, -0.25) is 0 Å². The molecule has 2 nitrogen and oxygen atoms in total. The molecule has 0 aliphatic heterocycles. The number of thioether (sulfide) groups is 1. The number of hydrogen-bond acceptors (Lipinski definition) is 3. The molecule has 0 saturated carbocycles. The molecule has 96 valence electrons. The van der Waals surface area contributed by atoms with E-state index < -0.39 is 0 Å². The average molecular weight is 339 g/mol. The summed E-state index contributed by atoms with van der Waals surface area (Å²) in [6, 6.07) is 5.99. The van der Waals surface area contributed by atoms with Gasteiger partial charge in [0.1, 0.15) is 0 Å². The van der Waals surface area contributed by atoms with E-state index in [0.29, 0.717) is 0 Å². The van der Waals surface area contributed by atoms with Crippen LogP contribution in [-0.2, 0) is 6.54 Å². The Hall–Kier alpha value is 0.260. The molecule has 5 heteroatoms. The Morgan fingerprint density at radius 3 is 2.88 bits per heavy atom.